The van der Waals surface area contributed by atoms with E-state index in [-0.39, 0.29) is 23.9 Å². The average Bonchev–Trinajstić information content (AvgIpc) is 3.05. The van der Waals surface area contributed by atoms with Gasteiger partial charge in [-0.25, -0.2) is 4.79 Å². The van der Waals surface area contributed by atoms with Crippen molar-refractivity contribution < 1.29 is 9.59 Å². The third-order valence-corrected chi connectivity index (χ3v) is 8.00. The van der Waals surface area contributed by atoms with Crippen molar-refractivity contribution in [3.05, 3.63) is 63.9 Å². The number of carbonyl (C=O) groups is 2. The minimum Gasteiger partial charge on any atom is -0.341 e. The number of hydrogen-bond donors (Lipinski definition) is 1. The van der Waals surface area contributed by atoms with Gasteiger partial charge in [0, 0.05) is 64.0 Å². The van der Waals surface area contributed by atoms with Crippen molar-refractivity contribution in [1.82, 2.24) is 25.0 Å². The Hall–Kier alpha value is -2.64. The molecule has 35 heavy (non-hydrogen) atoms. The number of piperidine rings is 1. The zero-order valence-corrected chi connectivity index (χ0v) is 21.1. The number of carbonyl (C=O) groups excluding carboxylic acids is 2. The van der Waals surface area contributed by atoms with Crippen molar-refractivity contribution in [3.8, 4) is 0 Å². The molecule has 1 N–H and O–H groups in total. The van der Waals surface area contributed by atoms with E-state index < -0.39 is 0 Å². The number of nitrogens with zero attached hydrogens (tertiary/aromatic N) is 4. The Morgan fingerprint density at radius 2 is 1.86 bits per heavy atom. The number of nitrogens with one attached hydrogen (secondary N) is 1. The predicted molar refractivity (Wildman–Crippen MR) is 136 cm³/mol. The Bertz CT molecular complexity index is 1080. The second kappa shape index (κ2) is 10.5. The molecule has 1 aromatic heterocycles. The summed E-state index contributed by atoms with van der Waals surface area (Å²) in [7, 11) is 1.66. The number of hydrogen-bond acceptors (Lipinski definition) is 4. The van der Waals surface area contributed by atoms with Crippen LogP contribution in [0.15, 0.2) is 36.5 Å². The lowest BCUT2D eigenvalue weighted by Gasteiger charge is -2.40. The lowest BCUT2D eigenvalue weighted by molar-refractivity contribution is -0.134. The van der Waals surface area contributed by atoms with E-state index in [0.29, 0.717) is 26.1 Å². The highest BCUT2D eigenvalue weighted by molar-refractivity contribution is 6.30. The Kier molecular flexibility index (Phi) is 7.25. The van der Waals surface area contributed by atoms with Crippen LogP contribution in [-0.4, -0.2) is 77.9 Å². The summed E-state index contributed by atoms with van der Waals surface area (Å²) in [6, 6.07) is 10.5. The van der Waals surface area contributed by atoms with Crippen LogP contribution in [0.3, 0.4) is 0 Å². The van der Waals surface area contributed by atoms with Crippen LogP contribution < -0.4 is 5.32 Å². The third kappa shape index (κ3) is 5.16. The van der Waals surface area contributed by atoms with Crippen LogP contribution in [0, 0.1) is 5.92 Å². The number of piperazine rings is 1. The second-order valence-electron chi connectivity index (χ2n) is 9.92. The van der Waals surface area contributed by atoms with Crippen LogP contribution in [0.1, 0.15) is 47.7 Å². The molecule has 3 heterocycles. The van der Waals surface area contributed by atoms with Gasteiger partial charge in [-0.05, 0) is 66.5 Å². The highest BCUT2D eigenvalue weighted by Gasteiger charge is 2.34. The van der Waals surface area contributed by atoms with Crippen LogP contribution >= 0.6 is 11.6 Å². The number of aromatic nitrogens is 1. The minimum atomic E-state index is -0.0466. The summed E-state index contributed by atoms with van der Waals surface area (Å²) in [5.74, 6) is 0.445. The fraction of sp³-hybridized carbons (Fsp3) is 0.519. The highest BCUT2D eigenvalue weighted by atomic mass is 35.5. The molecule has 3 amide bonds. The van der Waals surface area contributed by atoms with E-state index in [0.717, 1.165) is 56.0 Å². The molecule has 5 rings (SSSR count). The smallest absolute Gasteiger partial charge is 0.317 e. The fourth-order valence-electron chi connectivity index (χ4n) is 5.93. The summed E-state index contributed by atoms with van der Waals surface area (Å²) in [4.78, 5) is 36.3. The molecule has 1 unspecified atom stereocenters. The SMILES string of the molecule is CNC(=O)N1CCC[C@@H](CC(=O)N2CCN(C3c4ccc(Cl)cc4CCc4cccnc43)CC2)C1. The maximum Gasteiger partial charge on any atom is 0.317 e. The lowest BCUT2D eigenvalue weighted by atomic mass is 9.94. The van der Waals surface area contributed by atoms with E-state index in [1.54, 1.807) is 7.05 Å². The van der Waals surface area contributed by atoms with Crippen molar-refractivity contribution in [1.29, 1.82) is 0 Å². The van der Waals surface area contributed by atoms with Crippen molar-refractivity contribution in [2.75, 3.05) is 46.3 Å². The van der Waals surface area contributed by atoms with E-state index >= 15 is 0 Å². The van der Waals surface area contributed by atoms with Gasteiger partial charge in [-0.1, -0.05) is 23.7 Å². The molecule has 2 atom stereocenters. The van der Waals surface area contributed by atoms with Crippen LogP contribution in [0.4, 0.5) is 4.79 Å². The number of pyridine rings is 1. The van der Waals surface area contributed by atoms with Crippen molar-refractivity contribution in [3.63, 3.8) is 0 Å². The first-order valence-electron chi connectivity index (χ1n) is 12.7. The number of benzene rings is 1. The number of likely N-dealkylation sites (tertiary alicyclic amines) is 1. The minimum absolute atomic E-state index is 0.0466. The van der Waals surface area contributed by atoms with E-state index in [2.05, 4.69) is 28.4 Å². The average molecular weight is 496 g/mol. The number of aryl methyl sites for hydroxylation is 2. The maximum absolute atomic E-state index is 13.1. The molecule has 0 spiro atoms. The zero-order chi connectivity index (χ0) is 24.4. The van der Waals surface area contributed by atoms with Gasteiger partial charge in [-0.2, -0.15) is 0 Å². The molecular formula is C27H34ClN5O2. The molecule has 2 saturated heterocycles. The molecule has 0 bridgehead atoms. The predicted octanol–water partition coefficient (Wildman–Crippen LogP) is 3.51. The first-order chi connectivity index (χ1) is 17.0. The van der Waals surface area contributed by atoms with E-state index in [9.17, 15) is 9.59 Å². The summed E-state index contributed by atoms with van der Waals surface area (Å²) >= 11 is 6.34. The standard InChI is InChI=1S/C27H34ClN5O2/c1-29-27(35)33-11-3-4-19(18-33)16-24(34)31-12-14-32(15-13-31)26-23-9-8-22(28)17-21(23)7-6-20-5-2-10-30-25(20)26/h2,5,8-10,17,19,26H,3-4,6-7,11-16,18H2,1H3,(H,29,35)/t19-,26?/m0/s1. The first kappa shape index (κ1) is 24.1. The number of amides is 3. The zero-order valence-electron chi connectivity index (χ0n) is 20.4. The fourth-order valence-corrected chi connectivity index (χ4v) is 6.13. The van der Waals surface area contributed by atoms with Crippen LogP contribution in [0.25, 0.3) is 0 Å². The molecule has 1 aliphatic carbocycles. The molecule has 0 saturated carbocycles. The van der Waals surface area contributed by atoms with Crippen molar-refractivity contribution in [2.24, 2.45) is 5.92 Å². The number of halogens is 1. The van der Waals surface area contributed by atoms with Gasteiger partial charge in [-0.15, -0.1) is 0 Å². The van der Waals surface area contributed by atoms with Crippen LogP contribution in [-0.2, 0) is 17.6 Å². The normalized spacial score (nSPS) is 22.7. The second-order valence-corrected chi connectivity index (χ2v) is 10.4. The van der Waals surface area contributed by atoms with Crippen LogP contribution in [0.5, 0.6) is 0 Å². The molecule has 2 aliphatic heterocycles. The number of rotatable bonds is 3. The summed E-state index contributed by atoms with van der Waals surface area (Å²) < 4.78 is 0. The summed E-state index contributed by atoms with van der Waals surface area (Å²) in [5.41, 5.74) is 4.99. The van der Waals surface area contributed by atoms with E-state index in [1.807, 2.05) is 28.1 Å². The summed E-state index contributed by atoms with van der Waals surface area (Å²) in [6.45, 7) is 4.48. The lowest BCUT2D eigenvalue weighted by Crippen LogP contribution is -2.51. The van der Waals surface area contributed by atoms with Gasteiger partial charge in [0.1, 0.15) is 0 Å². The maximum atomic E-state index is 13.1. The molecule has 1 aromatic carbocycles. The van der Waals surface area contributed by atoms with Crippen molar-refractivity contribution in [2.45, 2.75) is 38.1 Å². The number of fused-ring (bicyclic) bond motifs is 2. The number of urea groups is 1. The van der Waals surface area contributed by atoms with E-state index in [1.165, 1.54) is 16.7 Å². The molecule has 3 aliphatic rings. The quantitative estimate of drug-likeness (QED) is 0.707. The Balaban J connectivity index is 1.27. The van der Waals surface area contributed by atoms with Gasteiger partial charge in [0.2, 0.25) is 5.91 Å². The van der Waals surface area contributed by atoms with Gasteiger partial charge < -0.3 is 15.1 Å². The van der Waals surface area contributed by atoms with Gasteiger partial charge in [0.15, 0.2) is 0 Å². The van der Waals surface area contributed by atoms with Gasteiger partial charge in [0.05, 0.1) is 11.7 Å². The van der Waals surface area contributed by atoms with Gasteiger partial charge in [-0.3, -0.25) is 14.7 Å². The topological polar surface area (TPSA) is 68.8 Å². The van der Waals surface area contributed by atoms with Crippen molar-refractivity contribution >= 4 is 23.5 Å². The molecule has 186 valence electrons. The van der Waals surface area contributed by atoms with E-state index in [4.69, 9.17) is 16.6 Å². The summed E-state index contributed by atoms with van der Waals surface area (Å²) in [5, 5.41) is 3.48. The Morgan fingerprint density at radius 3 is 2.66 bits per heavy atom. The van der Waals surface area contributed by atoms with Gasteiger partial charge in [0.25, 0.3) is 0 Å². The molecule has 2 aromatic rings. The summed E-state index contributed by atoms with van der Waals surface area (Å²) in [6.07, 6.45) is 6.28. The monoisotopic (exact) mass is 495 g/mol. The first-order valence-corrected chi connectivity index (χ1v) is 13.1. The molecule has 2 fully saturated rings. The third-order valence-electron chi connectivity index (χ3n) is 7.76. The van der Waals surface area contributed by atoms with Gasteiger partial charge >= 0.3 is 6.03 Å². The largest absolute Gasteiger partial charge is 0.341 e. The molecule has 8 heteroatoms. The Morgan fingerprint density at radius 1 is 1.06 bits per heavy atom. The highest BCUT2D eigenvalue weighted by Crippen LogP contribution is 2.37. The Labute approximate surface area is 212 Å². The van der Waals surface area contributed by atoms with Crippen LogP contribution in [0.2, 0.25) is 5.02 Å². The molecule has 7 nitrogen and oxygen atoms in total. The molecular weight excluding hydrogens is 462 g/mol. The molecule has 0 radical (unpaired) electrons.